The summed E-state index contributed by atoms with van der Waals surface area (Å²) >= 11 is 0. The summed E-state index contributed by atoms with van der Waals surface area (Å²) in [6.07, 6.45) is -4.52. The molecule has 10 heteroatoms. The van der Waals surface area contributed by atoms with Crippen LogP contribution in [-0.2, 0) is 9.53 Å². The largest absolute Gasteiger partial charge is 0.452 e. The number of carbonyl (C=O) groups is 5. The first-order valence-electron chi connectivity index (χ1n) is 13.5. The molecule has 1 amide bonds. The van der Waals surface area contributed by atoms with Crippen molar-refractivity contribution in [3.05, 3.63) is 144 Å². The molecular formula is C34H29NO9. The van der Waals surface area contributed by atoms with E-state index in [1.807, 2.05) is 0 Å². The van der Waals surface area contributed by atoms with Crippen LogP contribution < -0.4 is 5.32 Å². The quantitative estimate of drug-likeness (QED) is 0.103. The van der Waals surface area contributed by atoms with Crippen LogP contribution in [0.25, 0.3) is 0 Å². The normalized spacial score (nSPS) is 14.2. The molecule has 10 nitrogen and oxygen atoms in total. The zero-order valence-electron chi connectivity index (χ0n) is 23.3. The first-order chi connectivity index (χ1) is 21.2. The molecule has 0 saturated carbocycles. The SMILES string of the molecule is O=C(N[C@@H](C(=O)C(=O)c1ccccc1)[C@](O)(C(=O)c1ccccc1)[C@@H](OC(=O)c1ccccc1)[C@H](O)CO)c1ccccc1. The predicted molar refractivity (Wildman–Crippen MR) is 158 cm³/mol. The van der Waals surface area contributed by atoms with Crippen LogP contribution in [0.3, 0.4) is 0 Å². The Morgan fingerprint density at radius 1 is 0.659 bits per heavy atom. The maximum atomic E-state index is 14.2. The summed E-state index contributed by atoms with van der Waals surface area (Å²) in [4.78, 5) is 68.3. The highest BCUT2D eigenvalue weighted by atomic mass is 16.6. The Morgan fingerprint density at radius 3 is 1.57 bits per heavy atom. The molecule has 0 bridgehead atoms. The number of carbonyl (C=O) groups excluding carboxylic acids is 5. The van der Waals surface area contributed by atoms with Crippen molar-refractivity contribution in [3.8, 4) is 0 Å². The molecule has 0 radical (unpaired) electrons. The van der Waals surface area contributed by atoms with Crippen LogP contribution in [0.5, 0.6) is 0 Å². The van der Waals surface area contributed by atoms with Gasteiger partial charge in [-0.3, -0.25) is 19.2 Å². The van der Waals surface area contributed by atoms with Gasteiger partial charge in [0.05, 0.1) is 12.2 Å². The number of Topliss-reactive ketones (excluding diaryl/α,β-unsaturated/α-hetero) is 3. The Labute approximate surface area is 252 Å². The lowest BCUT2D eigenvalue weighted by Crippen LogP contribution is -2.70. The molecule has 0 heterocycles. The highest BCUT2D eigenvalue weighted by Gasteiger charge is 2.59. The van der Waals surface area contributed by atoms with E-state index in [0.717, 1.165) is 0 Å². The van der Waals surface area contributed by atoms with Gasteiger partial charge in [-0.1, -0.05) is 97.1 Å². The zero-order chi connectivity index (χ0) is 31.7. The number of rotatable bonds is 13. The number of ketones is 3. The molecule has 44 heavy (non-hydrogen) atoms. The third kappa shape index (κ3) is 6.84. The lowest BCUT2D eigenvalue weighted by atomic mass is 9.76. The third-order valence-corrected chi connectivity index (χ3v) is 6.89. The van der Waals surface area contributed by atoms with E-state index < -0.39 is 59.7 Å². The van der Waals surface area contributed by atoms with Crippen molar-refractivity contribution in [3.63, 3.8) is 0 Å². The fourth-order valence-corrected chi connectivity index (χ4v) is 4.60. The molecular weight excluding hydrogens is 566 g/mol. The maximum absolute atomic E-state index is 14.2. The Hall–Kier alpha value is -5.29. The van der Waals surface area contributed by atoms with Crippen LogP contribution in [0.15, 0.2) is 121 Å². The molecule has 0 unspecified atom stereocenters. The number of hydrogen-bond donors (Lipinski definition) is 4. The minimum absolute atomic E-state index is 0.00695. The molecule has 4 aromatic carbocycles. The lowest BCUT2D eigenvalue weighted by molar-refractivity contribution is -0.144. The van der Waals surface area contributed by atoms with Crippen LogP contribution in [-0.4, -0.2) is 75.0 Å². The minimum Gasteiger partial charge on any atom is -0.452 e. The molecule has 4 rings (SSSR count). The second-order valence-electron chi connectivity index (χ2n) is 9.79. The molecule has 0 saturated heterocycles. The highest BCUT2D eigenvalue weighted by Crippen LogP contribution is 2.30. The third-order valence-electron chi connectivity index (χ3n) is 6.89. The topological polar surface area (TPSA) is 167 Å². The van der Waals surface area contributed by atoms with Gasteiger partial charge in [0.1, 0.15) is 12.1 Å². The summed E-state index contributed by atoms with van der Waals surface area (Å²) in [7, 11) is 0. The van der Waals surface area contributed by atoms with E-state index in [0.29, 0.717) is 0 Å². The van der Waals surface area contributed by atoms with Gasteiger partial charge in [-0.15, -0.1) is 0 Å². The summed E-state index contributed by atoms with van der Waals surface area (Å²) in [5.74, 6) is -6.00. The monoisotopic (exact) mass is 595 g/mol. The van der Waals surface area contributed by atoms with Crippen LogP contribution in [0.4, 0.5) is 0 Å². The first-order valence-corrected chi connectivity index (χ1v) is 13.5. The molecule has 4 N–H and O–H groups in total. The molecule has 0 aliphatic heterocycles. The summed E-state index contributed by atoms with van der Waals surface area (Å²) < 4.78 is 5.47. The van der Waals surface area contributed by atoms with Gasteiger partial charge < -0.3 is 25.4 Å². The average molecular weight is 596 g/mol. The molecule has 0 aliphatic carbocycles. The Bertz CT molecular complexity index is 1610. The highest BCUT2D eigenvalue weighted by molar-refractivity contribution is 6.46. The number of aliphatic hydroxyl groups excluding tert-OH is 2. The number of nitrogens with one attached hydrogen (secondary N) is 1. The van der Waals surface area contributed by atoms with E-state index in [4.69, 9.17) is 4.74 Å². The van der Waals surface area contributed by atoms with Gasteiger partial charge >= 0.3 is 5.97 Å². The minimum atomic E-state index is -3.32. The number of esters is 1. The average Bonchev–Trinajstić information content (AvgIpc) is 3.09. The van der Waals surface area contributed by atoms with Crippen molar-refractivity contribution in [1.82, 2.24) is 5.32 Å². The fourth-order valence-electron chi connectivity index (χ4n) is 4.60. The predicted octanol–water partition coefficient (Wildman–Crippen LogP) is 2.43. The number of amides is 1. The van der Waals surface area contributed by atoms with Gasteiger partial charge in [0.2, 0.25) is 17.3 Å². The first kappa shape index (κ1) is 31.6. The van der Waals surface area contributed by atoms with Crippen LogP contribution in [0.1, 0.15) is 41.4 Å². The van der Waals surface area contributed by atoms with Crippen molar-refractivity contribution in [2.24, 2.45) is 0 Å². The van der Waals surface area contributed by atoms with Gasteiger partial charge in [-0.25, -0.2) is 4.79 Å². The zero-order valence-corrected chi connectivity index (χ0v) is 23.3. The smallest absolute Gasteiger partial charge is 0.338 e. The lowest BCUT2D eigenvalue weighted by Gasteiger charge is -2.41. The maximum Gasteiger partial charge on any atom is 0.338 e. The van der Waals surface area contributed by atoms with E-state index >= 15 is 0 Å². The number of aliphatic hydroxyl groups is 3. The molecule has 4 atom stereocenters. The van der Waals surface area contributed by atoms with Gasteiger partial charge in [-0.05, 0) is 24.3 Å². The summed E-state index contributed by atoms with van der Waals surface area (Å²) in [6, 6.07) is 26.7. The van der Waals surface area contributed by atoms with E-state index in [-0.39, 0.29) is 22.3 Å². The van der Waals surface area contributed by atoms with Crippen molar-refractivity contribution in [2.75, 3.05) is 6.61 Å². The second-order valence-corrected chi connectivity index (χ2v) is 9.79. The number of benzene rings is 4. The van der Waals surface area contributed by atoms with Gasteiger partial charge in [0.15, 0.2) is 11.7 Å². The van der Waals surface area contributed by atoms with Crippen LogP contribution in [0, 0.1) is 0 Å². The van der Waals surface area contributed by atoms with Crippen molar-refractivity contribution < 1.29 is 44.0 Å². The van der Waals surface area contributed by atoms with Gasteiger partial charge in [0, 0.05) is 16.7 Å². The molecule has 224 valence electrons. The van der Waals surface area contributed by atoms with E-state index in [1.54, 1.807) is 24.3 Å². The van der Waals surface area contributed by atoms with Crippen LogP contribution in [0.2, 0.25) is 0 Å². The van der Waals surface area contributed by atoms with Gasteiger partial charge in [-0.2, -0.15) is 0 Å². The van der Waals surface area contributed by atoms with Crippen molar-refractivity contribution in [1.29, 1.82) is 0 Å². The van der Waals surface area contributed by atoms with Crippen LogP contribution >= 0.6 is 0 Å². The molecule has 0 fully saturated rings. The summed E-state index contributed by atoms with van der Waals surface area (Å²) in [5.41, 5.74) is -3.69. The number of ether oxygens (including phenoxy) is 1. The fraction of sp³-hybridized carbons (Fsp3) is 0.147. The Kier molecular flexibility index (Phi) is 10.3. The Morgan fingerprint density at radius 2 is 1.09 bits per heavy atom. The summed E-state index contributed by atoms with van der Waals surface area (Å²) in [5, 5.41) is 35.6. The molecule has 0 aliphatic rings. The van der Waals surface area contributed by atoms with E-state index in [2.05, 4.69) is 5.32 Å². The summed E-state index contributed by atoms with van der Waals surface area (Å²) in [6.45, 7) is -1.14. The molecule has 0 aromatic heterocycles. The Balaban J connectivity index is 1.92. The second kappa shape index (κ2) is 14.3. The van der Waals surface area contributed by atoms with E-state index in [1.165, 1.54) is 97.1 Å². The molecule has 0 spiro atoms. The van der Waals surface area contributed by atoms with Crippen molar-refractivity contribution in [2.45, 2.75) is 23.9 Å². The standard InChI is InChI=1S/C34H29NO9/c36-21-26(37)31(44-33(42)25-19-11-4-12-20-25)34(43,30(40)23-15-7-2-8-16-23)29(35-32(41)24-17-9-3-10-18-24)28(39)27(38)22-13-5-1-6-14-22/h1-20,26,29,31,36-37,43H,21H2,(H,35,41)/t26-,29+,31+,34+/m1/s1. The van der Waals surface area contributed by atoms with E-state index in [9.17, 15) is 39.3 Å². The van der Waals surface area contributed by atoms with Crippen molar-refractivity contribution >= 4 is 29.2 Å². The van der Waals surface area contributed by atoms with Gasteiger partial charge in [0.25, 0.3) is 5.91 Å². The number of hydrogen-bond acceptors (Lipinski definition) is 9. The molecule has 4 aromatic rings.